The molecule has 0 saturated carbocycles. The minimum absolute atomic E-state index is 0.152. The molecule has 206 valence electrons. The minimum Gasteiger partial charge on any atom is -0.493 e. The number of benzene rings is 3. The van der Waals surface area contributed by atoms with Crippen LogP contribution in [0.5, 0.6) is 23.0 Å². The lowest BCUT2D eigenvalue weighted by molar-refractivity contribution is 0.0986. The lowest BCUT2D eigenvalue weighted by Crippen LogP contribution is -2.33. The van der Waals surface area contributed by atoms with Crippen molar-refractivity contribution in [1.29, 1.82) is 0 Å². The summed E-state index contributed by atoms with van der Waals surface area (Å²) in [5, 5.41) is 11.2. The number of fused-ring (bicyclic) bond motifs is 1. The Morgan fingerprint density at radius 3 is 2.18 bits per heavy atom. The second-order valence-electron chi connectivity index (χ2n) is 8.86. The van der Waals surface area contributed by atoms with Gasteiger partial charge in [0.25, 0.3) is 5.91 Å². The predicted molar refractivity (Wildman–Crippen MR) is 148 cm³/mol. The number of anilines is 1. The summed E-state index contributed by atoms with van der Waals surface area (Å²) in [6.45, 7) is 2.12. The predicted octanol–water partition coefficient (Wildman–Crippen LogP) is 4.52. The molecule has 39 heavy (non-hydrogen) atoms. The van der Waals surface area contributed by atoms with Gasteiger partial charge >= 0.3 is 0 Å². The maximum absolute atomic E-state index is 13.6. The van der Waals surface area contributed by atoms with Crippen LogP contribution in [0.25, 0.3) is 11.0 Å². The van der Waals surface area contributed by atoms with Crippen LogP contribution in [-0.4, -0.2) is 64.3 Å². The van der Waals surface area contributed by atoms with Gasteiger partial charge in [0, 0.05) is 23.9 Å². The number of nitrogens with zero attached hydrogens (tertiary/aromatic N) is 3. The molecule has 4 rings (SSSR count). The van der Waals surface area contributed by atoms with E-state index in [9.17, 15) is 4.79 Å². The van der Waals surface area contributed by atoms with Crippen LogP contribution >= 0.6 is 0 Å². The van der Waals surface area contributed by atoms with Crippen molar-refractivity contribution in [2.75, 3.05) is 53.0 Å². The Morgan fingerprint density at radius 2 is 1.44 bits per heavy atom. The molecule has 1 heterocycles. The lowest BCUT2D eigenvalue weighted by atomic mass is 10.1. The van der Waals surface area contributed by atoms with Crippen molar-refractivity contribution in [3.8, 4) is 23.0 Å². The summed E-state index contributed by atoms with van der Waals surface area (Å²) in [6.07, 6.45) is 2.65. The first kappa shape index (κ1) is 27.7. The first-order valence-corrected chi connectivity index (χ1v) is 12.8. The number of carbonyl (C=O) groups is 1. The van der Waals surface area contributed by atoms with Gasteiger partial charge in [-0.2, -0.15) is 0 Å². The fourth-order valence-corrected chi connectivity index (χ4v) is 4.35. The van der Waals surface area contributed by atoms with Crippen LogP contribution in [0.1, 0.15) is 28.8 Å². The van der Waals surface area contributed by atoms with Crippen LogP contribution in [0.4, 0.5) is 5.69 Å². The molecule has 1 N–H and O–H groups in total. The molecular formula is C29H34N4O6. The molecule has 3 aromatic carbocycles. The Morgan fingerprint density at radius 1 is 0.769 bits per heavy atom. The third-order valence-electron chi connectivity index (χ3n) is 6.43. The first-order valence-electron chi connectivity index (χ1n) is 12.8. The Kier molecular flexibility index (Phi) is 9.58. The van der Waals surface area contributed by atoms with Crippen molar-refractivity contribution in [3.63, 3.8) is 0 Å². The molecule has 10 heteroatoms. The number of aryl methyl sites for hydroxylation is 1. The summed E-state index contributed by atoms with van der Waals surface area (Å²) < 4.78 is 26.3. The number of hydrogen-bond donors (Lipinski definition) is 1. The molecule has 1 amide bonds. The first-order chi connectivity index (χ1) is 19.1. The van der Waals surface area contributed by atoms with Crippen LogP contribution < -0.4 is 29.2 Å². The van der Waals surface area contributed by atoms with Gasteiger partial charge < -0.3 is 29.2 Å². The Hall–Kier alpha value is -4.31. The molecule has 0 spiro atoms. The van der Waals surface area contributed by atoms with E-state index in [1.807, 2.05) is 24.3 Å². The summed E-state index contributed by atoms with van der Waals surface area (Å²) in [4.78, 5) is 15.4. The highest BCUT2D eigenvalue weighted by molar-refractivity contribution is 6.07. The van der Waals surface area contributed by atoms with Gasteiger partial charge in [-0.05, 0) is 90.7 Å². The summed E-state index contributed by atoms with van der Waals surface area (Å²) in [5.74, 6) is 2.46. The average molecular weight is 535 g/mol. The van der Waals surface area contributed by atoms with Crippen molar-refractivity contribution in [2.45, 2.75) is 19.3 Å². The van der Waals surface area contributed by atoms with Gasteiger partial charge in [0.2, 0.25) is 0 Å². The molecule has 0 saturated heterocycles. The molecule has 10 nitrogen and oxygen atoms in total. The fourth-order valence-electron chi connectivity index (χ4n) is 4.35. The minimum atomic E-state index is -0.152. The molecule has 4 aromatic rings. The van der Waals surface area contributed by atoms with Crippen LogP contribution in [0.3, 0.4) is 0 Å². The van der Waals surface area contributed by atoms with Crippen LogP contribution in [0.15, 0.2) is 59.2 Å². The third-order valence-corrected chi connectivity index (χ3v) is 6.43. The summed E-state index contributed by atoms with van der Waals surface area (Å²) in [7, 11) is 6.43. The summed E-state index contributed by atoms with van der Waals surface area (Å²) >= 11 is 0. The molecule has 0 radical (unpaired) electrons. The summed E-state index contributed by atoms with van der Waals surface area (Å²) in [5.41, 5.74) is 3.53. The van der Waals surface area contributed by atoms with Gasteiger partial charge in [-0.1, -0.05) is 6.07 Å². The maximum Gasteiger partial charge on any atom is 0.258 e. The Balaban J connectivity index is 1.37. The van der Waals surface area contributed by atoms with E-state index in [2.05, 4.69) is 21.7 Å². The molecule has 0 aliphatic carbocycles. The van der Waals surface area contributed by atoms with Crippen LogP contribution in [-0.2, 0) is 6.42 Å². The zero-order valence-corrected chi connectivity index (χ0v) is 22.7. The molecule has 1 aromatic heterocycles. The quantitative estimate of drug-likeness (QED) is 0.234. The smallest absolute Gasteiger partial charge is 0.258 e. The van der Waals surface area contributed by atoms with Crippen molar-refractivity contribution in [1.82, 2.24) is 15.6 Å². The van der Waals surface area contributed by atoms with E-state index < -0.39 is 0 Å². The van der Waals surface area contributed by atoms with Crippen LogP contribution in [0, 0.1) is 0 Å². The van der Waals surface area contributed by atoms with Gasteiger partial charge in [-0.15, -0.1) is 0 Å². The zero-order chi connectivity index (χ0) is 27.6. The topological polar surface area (TPSA) is 108 Å². The number of amides is 1. The standard InChI is InChI=1S/C29H34N4O6/c1-35-25-12-8-20(17-27(25)37-3)7-5-14-30-15-6-16-33(22-10-13-26(36-2)28(19-22)38-4)29(34)21-9-11-23-24(18-21)32-39-31-23/h8-13,17-19,30H,5-7,14-16H2,1-4H3. The molecule has 0 bridgehead atoms. The summed E-state index contributed by atoms with van der Waals surface area (Å²) in [6, 6.07) is 16.6. The van der Waals surface area contributed by atoms with Crippen molar-refractivity contribution in [2.24, 2.45) is 0 Å². The Labute approximate surface area is 227 Å². The second-order valence-corrected chi connectivity index (χ2v) is 8.86. The molecule has 0 aliphatic heterocycles. The van der Waals surface area contributed by atoms with Crippen LogP contribution in [0.2, 0.25) is 0 Å². The zero-order valence-electron chi connectivity index (χ0n) is 22.7. The highest BCUT2D eigenvalue weighted by Crippen LogP contribution is 2.32. The largest absolute Gasteiger partial charge is 0.493 e. The second kappa shape index (κ2) is 13.5. The van der Waals surface area contributed by atoms with Gasteiger partial charge in [0.1, 0.15) is 11.0 Å². The third kappa shape index (κ3) is 6.77. The van der Waals surface area contributed by atoms with E-state index in [0.29, 0.717) is 40.3 Å². The monoisotopic (exact) mass is 534 g/mol. The van der Waals surface area contributed by atoms with Gasteiger partial charge in [0.15, 0.2) is 23.0 Å². The molecular weight excluding hydrogens is 500 g/mol. The number of nitrogens with one attached hydrogen (secondary N) is 1. The van der Waals surface area contributed by atoms with E-state index in [1.165, 1.54) is 5.56 Å². The Bertz CT molecular complexity index is 1390. The fraction of sp³-hybridized carbons (Fsp3) is 0.345. The SMILES string of the molecule is COc1ccc(CCCNCCCN(C(=O)c2ccc3nonc3c2)c2ccc(OC)c(OC)c2)cc1OC. The van der Waals surface area contributed by atoms with E-state index >= 15 is 0 Å². The normalized spacial score (nSPS) is 10.9. The highest BCUT2D eigenvalue weighted by atomic mass is 16.6. The van der Waals surface area contributed by atoms with E-state index in [-0.39, 0.29) is 5.91 Å². The van der Waals surface area contributed by atoms with E-state index in [4.69, 9.17) is 23.6 Å². The van der Waals surface area contributed by atoms with E-state index in [0.717, 1.165) is 43.9 Å². The van der Waals surface area contributed by atoms with E-state index in [1.54, 1.807) is 57.6 Å². The molecule has 0 unspecified atom stereocenters. The number of rotatable bonds is 14. The van der Waals surface area contributed by atoms with Gasteiger partial charge in [-0.25, -0.2) is 4.63 Å². The number of aromatic nitrogens is 2. The van der Waals surface area contributed by atoms with Gasteiger partial charge in [-0.3, -0.25) is 4.79 Å². The number of carbonyl (C=O) groups excluding carboxylic acids is 1. The van der Waals surface area contributed by atoms with Crippen molar-refractivity contribution < 1.29 is 28.4 Å². The van der Waals surface area contributed by atoms with Crippen molar-refractivity contribution in [3.05, 3.63) is 65.7 Å². The number of methoxy groups -OCH3 is 4. The number of hydrogen-bond acceptors (Lipinski definition) is 9. The maximum atomic E-state index is 13.6. The molecule has 0 aliphatic rings. The van der Waals surface area contributed by atoms with Crippen molar-refractivity contribution >= 4 is 22.6 Å². The average Bonchev–Trinajstić information content (AvgIpc) is 3.46. The number of ether oxygens (including phenoxy) is 4. The highest BCUT2D eigenvalue weighted by Gasteiger charge is 2.20. The molecule has 0 atom stereocenters. The lowest BCUT2D eigenvalue weighted by Gasteiger charge is -2.24. The molecule has 0 fully saturated rings. The van der Waals surface area contributed by atoms with Gasteiger partial charge in [0.05, 0.1) is 28.4 Å².